The van der Waals surface area contributed by atoms with Crippen LogP contribution in [0.25, 0.3) is 0 Å². The highest BCUT2D eigenvalue weighted by Gasteiger charge is 2.24. The minimum Gasteiger partial charge on any atom is -0.507 e. The highest BCUT2D eigenvalue weighted by molar-refractivity contribution is 5.56. The third-order valence-electron chi connectivity index (χ3n) is 10.1. The lowest BCUT2D eigenvalue weighted by Gasteiger charge is -2.26. The van der Waals surface area contributed by atoms with Crippen LogP contribution < -0.4 is 0 Å². The van der Waals surface area contributed by atoms with Crippen molar-refractivity contribution in [1.29, 1.82) is 0 Å². The zero-order chi connectivity index (χ0) is 35.1. The minimum absolute atomic E-state index is 0.110. The first-order chi connectivity index (χ1) is 21.7. The van der Waals surface area contributed by atoms with E-state index in [9.17, 15) is 5.11 Å². The van der Waals surface area contributed by atoms with E-state index >= 15 is 0 Å². The number of phenolic OH excluding ortho intramolecular Hbond substituents is 1. The molecule has 0 saturated heterocycles. The van der Waals surface area contributed by atoms with Crippen molar-refractivity contribution in [2.75, 3.05) is 0 Å². The second-order valence-corrected chi connectivity index (χ2v) is 17.7. The fourth-order valence-electron chi connectivity index (χ4n) is 7.12. The van der Waals surface area contributed by atoms with Crippen LogP contribution in [-0.2, 0) is 41.9 Å². The molecule has 0 fully saturated rings. The zero-order valence-electron chi connectivity index (χ0n) is 32.1. The number of rotatable bonds is 8. The molecule has 1 nitrogen and oxygen atoms in total. The Balaban J connectivity index is 1.92. The molecule has 0 atom stereocenters. The molecule has 4 aromatic carbocycles. The topological polar surface area (TPSA) is 20.2 Å². The molecule has 0 unspecified atom stereocenters. The van der Waals surface area contributed by atoms with Gasteiger partial charge in [0.2, 0.25) is 0 Å². The largest absolute Gasteiger partial charge is 0.507 e. The Morgan fingerprint density at radius 1 is 0.532 bits per heavy atom. The predicted octanol–water partition coefficient (Wildman–Crippen LogP) is 12.2. The number of hydrogen-bond donors (Lipinski definition) is 1. The fourth-order valence-corrected chi connectivity index (χ4v) is 7.12. The van der Waals surface area contributed by atoms with Crippen molar-refractivity contribution in [1.82, 2.24) is 0 Å². The van der Waals surface area contributed by atoms with Crippen molar-refractivity contribution >= 4 is 0 Å². The molecule has 0 aromatic heterocycles. The summed E-state index contributed by atoms with van der Waals surface area (Å²) in [7, 11) is 0. The molecule has 0 aliphatic rings. The van der Waals surface area contributed by atoms with E-state index in [0.717, 1.165) is 36.8 Å². The van der Waals surface area contributed by atoms with Crippen LogP contribution in [0.15, 0.2) is 60.7 Å². The minimum atomic E-state index is -0.143. The van der Waals surface area contributed by atoms with Gasteiger partial charge >= 0.3 is 0 Å². The summed E-state index contributed by atoms with van der Waals surface area (Å²) in [4.78, 5) is 0. The third kappa shape index (κ3) is 8.59. The van der Waals surface area contributed by atoms with E-state index in [4.69, 9.17) is 0 Å². The molecule has 0 aliphatic heterocycles. The second-order valence-electron chi connectivity index (χ2n) is 17.7. The van der Waals surface area contributed by atoms with Gasteiger partial charge in [-0.2, -0.15) is 0 Å². The quantitative estimate of drug-likeness (QED) is 0.205. The Kier molecular flexibility index (Phi) is 10.6. The summed E-state index contributed by atoms with van der Waals surface area (Å²) < 4.78 is 0. The Hall–Kier alpha value is -3.32. The van der Waals surface area contributed by atoms with E-state index in [2.05, 4.69) is 158 Å². The maximum atomic E-state index is 11.4. The van der Waals surface area contributed by atoms with Gasteiger partial charge in [-0.1, -0.05) is 137 Å². The third-order valence-corrected chi connectivity index (χ3v) is 10.1. The van der Waals surface area contributed by atoms with Crippen LogP contribution in [0.4, 0.5) is 0 Å². The normalized spacial score (nSPS) is 12.7. The number of benzene rings is 4. The predicted molar refractivity (Wildman–Crippen MR) is 205 cm³/mol. The molecular weight excluding hydrogens is 569 g/mol. The summed E-state index contributed by atoms with van der Waals surface area (Å²) in [6.07, 6.45) is 3.58. The van der Waals surface area contributed by atoms with E-state index in [1.807, 2.05) is 0 Å². The van der Waals surface area contributed by atoms with Crippen LogP contribution in [-0.4, -0.2) is 5.11 Å². The second kappa shape index (κ2) is 13.7. The summed E-state index contributed by atoms with van der Waals surface area (Å²) in [6.45, 7) is 31.9. The monoisotopic (exact) mass is 630 g/mol. The Labute approximate surface area is 287 Å². The van der Waals surface area contributed by atoms with E-state index in [0.29, 0.717) is 11.7 Å². The van der Waals surface area contributed by atoms with Crippen LogP contribution in [0.3, 0.4) is 0 Å². The van der Waals surface area contributed by atoms with E-state index in [1.54, 1.807) is 0 Å². The maximum absolute atomic E-state index is 11.4. The van der Waals surface area contributed by atoms with Gasteiger partial charge in [-0.15, -0.1) is 0 Å². The van der Waals surface area contributed by atoms with Crippen molar-refractivity contribution in [3.63, 3.8) is 0 Å². The Morgan fingerprint density at radius 3 is 1.30 bits per heavy atom. The molecular formula is C46H62O. The highest BCUT2D eigenvalue weighted by atomic mass is 16.3. The lowest BCUT2D eigenvalue weighted by atomic mass is 9.79. The van der Waals surface area contributed by atoms with Crippen LogP contribution in [0.2, 0.25) is 0 Å². The van der Waals surface area contributed by atoms with Gasteiger partial charge in [-0.25, -0.2) is 0 Å². The van der Waals surface area contributed by atoms with Crippen molar-refractivity contribution in [2.24, 2.45) is 5.92 Å². The summed E-state index contributed by atoms with van der Waals surface area (Å²) in [5, 5.41) is 11.4. The van der Waals surface area contributed by atoms with E-state index in [-0.39, 0.29) is 16.2 Å². The molecule has 4 aromatic rings. The van der Waals surface area contributed by atoms with Crippen molar-refractivity contribution < 1.29 is 5.11 Å². The average molecular weight is 631 g/mol. The highest BCUT2D eigenvalue weighted by Crippen LogP contribution is 2.38. The summed E-state index contributed by atoms with van der Waals surface area (Å²) >= 11 is 0. The lowest BCUT2D eigenvalue weighted by Crippen LogP contribution is -2.15. The fraction of sp³-hybridized carbons (Fsp3) is 0.478. The number of hydrogen-bond acceptors (Lipinski definition) is 1. The Bertz CT molecular complexity index is 1640. The molecule has 0 aliphatic carbocycles. The molecule has 4 rings (SSSR count). The molecule has 0 heterocycles. The van der Waals surface area contributed by atoms with Gasteiger partial charge in [0.15, 0.2) is 0 Å². The standard InChI is InChI=1S/C46H62O/c1-29(2)21-36-22-35(28-42(43(36)47)46(12,13)14)27-41-31(4)39(25-33-17-15-19-37(23-33)44(6,7)8)30(3)40(32(41)5)26-34-18-16-20-38(24-34)45(9,10)11/h15-20,22-24,28-29,47H,21,25-27H2,1-14H3. The molecule has 1 N–H and O–H groups in total. The Morgan fingerprint density at radius 2 is 0.936 bits per heavy atom. The van der Waals surface area contributed by atoms with Gasteiger partial charge in [0.1, 0.15) is 5.75 Å². The molecule has 47 heavy (non-hydrogen) atoms. The zero-order valence-corrected chi connectivity index (χ0v) is 32.1. The van der Waals surface area contributed by atoms with Crippen LogP contribution in [0.5, 0.6) is 5.75 Å². The first-order valence-electron chi connectivity index (χ1n) is 17.8. The summed E-state index contributed by atoms with van der Waals surface area (Å²) in [6, 6.07) is 23.0. The smallest absolute Gasteiger partial charge is 0.122 e. The molecule has 0 bridgehead atoms. The van der Waals surface area contributed by atoms with E-state index in [1.165, 1.54) is 61.2 Å². The molecule has 0 radical (unpaired) electrons. The van der Waals surface area contributed by atoms with Gasteiger partial charge in [0.25, 0.3) is 0 Å². The molecule has 252 valence electrons. The van der Waals surface area contributed by atoms with Gasteiger partial charge in [0, 0.05) is 0 Å². The van der Waals surface area contributed by atoms with Gasteiger partial charge in [-0.3, -0.25) is 0 Å². The van der Waals surface area contributed by atoms with E-state index < -0.39 is 0 Å². The van der Waals surface area contributed by atoms with Crippen LogP contribution >= 0.6 is 0 Å². The van der Waals surface area contributed by atoms with Gasteiger partial charge < -0.3 is 5.11 Å². The number of aromatic hydroxyl groups is 1. The van der Waals surface area contributed by atoms with Crippen molar-refractivity contribution in [3.05, 3.63) is 133 Å². The number of phenols is 1. The molecule has 0 amide bonds. The first kappa shape index (κ1) is 36.5. The van der Waals surface area contributed by atoms with Crippen molar-refractivity contribution in [3.8, 4) is 5.75 Å². The lowest BCUT2D eigenvalue weighted by molar-refractivity contribution is 0.435. The van der Waals surface area contributed by atoms with Gasteiger partial charge in [-0.05, 0) is 141 Å². The van der Waals surface area contributed by atoms with Gasteiger partial charge in [0.05, 0.1) is 0 Å². The SMILES string of the molecule is Cc1c(Cc2cccc(C(C)(C)C)c2)c(C)c(Cc2cc(CC(C)C)c(O)c(C(C)(C)C)c2)c(C)c1Cc1cccc(C(C)(C)C)c1. The molecule has 1 heteroatoms. The molecule has 0 spiro atoms. The summed E-state index contributed by atoms with van der Waals surface area (Å²) in [5.74, 6) is 0.948. The van der Waals surface area contributed by atoms with Crippen molar-refractivity contribution in [2.45, 2.75) is 139 Å². The first-order valence-corrected chi connectivity index (χ1v) is 17.8. The van der Waals surface area contributed by atoms with Crippen LogP contribution in [0.1, 0.15) is 148 Å². The summed E-state index contributed by atoms with van der Waals surface area (Å²) in [5.41, 5.74) is 17.6. The van der Waals surface area contributed by atoms with Crippen LogP contribution in [0, 0.1) is 26.7 Å². The maximum Gasteiger partial charge on any atom is 0.122 e. The molecule has 0 saturated carbocycles. The average Bonchev–Trinajstić information content (AvgIpc) is 2.96.